The molecule has 2 aromatic heterocycles. The van der Waals surface area contributed by atoms with Crippen molar-refractivity contribution in [3.8, 4) is 10.8 Å². The van der Waals surface area contributed by atoms with Gasteiger partial charge in [-0.25, -0.2) is 4.98 Å². The molecule has 0 bridgehead atoms. The van der Waals surface area contributed by atoms with Gasteiger partial charge in [-0.3, -0.25) is 4.79 Å². The van der Waals surface area contributed by atoms with E-state index in [2.05, 4.69) is 11.9 Å². The van der Waals surface area contributed by atoms with Crippen molar-refractivity contribution in [3.63, 3.8) is 0 Å². The average molecular weight is 334 g/mol. The normalized spacial score (nSPS) is 21.7. The highest BCUT2D eigenvalue weighted by Gasteiger charge is 2.33. The zero-order valence-corrected chi connectivity index (χ0v) is 14.5. The maximum atomic E-state index is 12.9. The molecule has 5 nitrogen and oxygen atoms in total. The Morgan fingerprint density at radius 3 is 2.91 bits per heavy atom. The molecule has 0 radical (unpaired) electrons. The first-order chi connectivity index (χ1) is 11.0. The number of furan rings is 1. The first-order valence-corrected chi connectivity index (χ1v) is 8.79. The molecule has 1 aliphatic rings. The maximum Gasteiger partial charge on any atom is 0.266 e. The Bertz CT molecular complexity index is 707. The van der Waals surface area contributed by atoms with Crippen molar-refractivity contribution in [2.45, 2.75) is 39.7 Å². The Kier molecular flexibility index (Phi) is 4.55. The monoisotopic (exact) mass is 334 g/mol. The minimum absolute atomic E-state index is 0.00892. The molecule has 1 amide bonds. The van der Waals surface area contributed by atoms with E-state index in [1.165, 1.54) is 11.3 Å². The molecule has 2 unspecified atom stereocenters. The topological polar surface area (TPSA) is 66.6 Å². The van der Waals surface area contributed by atoms with Crippen LogP contribution in [0.3, 0.4) is 0 Å². The Morgan fingerprint density at radius 1 is 1.48 bits per heavy atom. The third kappa shape index (κ3) is 3.05. The molecule has 1 aliphatic heterocycles. The van der Waals surface area contributed by atoms with Gasteiger partial charge in [-0.15, -0.1) is 11.3 Å². The van der Waals surface area contributed by atoms with Crippen molar-refractivity contribution in [3.05, 3.63) is 28.5 Å². The minimum atomic E-state index is -0.105. The quantitative estimate of drug-likeness (QED) is 0.935. The second-order valence-corrected chi connectivity index (χ2v) is 7.21. The van der Waals surface area contributed by atoms with Gasteiger partial charge >= 0.3 is 0 Å². The second kappa shape index (κ2) is 6.45. The lowest BCUT2D eigenvalue weighted by atomic mass is 9.91. The largest absolute Gasteiger partial charge is 0.459 e. The number of aliphatic hydroxyl groups is 1. The number of aromatic nitrogens is 1. The van der Waals surface area contributed by atoms with Gasteiger partial charge in [0.1, 0.15) is 10.6 Å². The van der Waals surface area contributed by atoms with Crippen LogP contribution in [0.25, 0.3) is 10.8 Å². The molecule has 1 fully saturated rings. The predicted molar refractivity (Wildman–Crippen MR) is 89.6 cm³/mol. The number of aryl methyl sites for hydroxylation is 2. The van der Waals surface area contributed by atoms with Gasteiger partial charge in [0, 0.05) is 6.54 Å². The lowest BCUT2D eigenvalue weighted by Gasteiger charge is -2.38. The fourth-order valence-electron chi connectivity index (χ4n) is 3.16. The van der Waals surface area contributed by atoms with E-state index >= 15 is 0 Å². The fourth-order valence-corrected chi connectivity index (χ4v) is 4.14. The number of nitrogens with zero attached hydrogens (tertiary/aromatic N) is 2. The molecule has 0 aliphatic carbocycles. The number of piperidine rings is 1. The van der Waals surface area contributed by atoms with Crippen LogP contribution in [0, 0.1) is 19.8 Å². The standard InChI is InChI=1S/C17H22N2O3S/c1-10-5-4-8-19(13(10)9-20)17(21)15-12(3)18-16(23-15)14-7-6-11(2)22-14/h6-7,10,13,20H,4-5,8-9H2,1-3H3. The van der Waals surface area contributed by atoms with Gasteiger partial charge < -0.3 is 14.4 Å². The molecule has 1 saturated heterocycles. The molecule has 23 heavy (non-hydrogen) atoms. The van der Waals surface area contributed by atoms with Crippen molar-refractivity contribution < 1.29 is 14.3 Å². The van der Waals surface area contributed by atoms with Crippen LogP contribution in [0.4, 0.5) is 0 Å². The molecule has 1 N–H and O–H groups in total. The molecule has 2 atom stereocenters. The average Bonchev–Trinajstić information content (AvgIpc) is 3.12. The minimum Gasteiger partial charge on any atom is -0.459 e. The first kappa shape index (κ1) is 16.2. The summed E-state index contributed by atoms with van der Waals surface area (Å²) in [5, 5.41) is 10.4. The van der Waals surface area contributed by atoms with Crippen molar-refractivity contribution in [2.75, 3.05) is 13.2 Å². The lowest BCUT2D eigenvalue weighted by molar-refractivity contribution is 0.0362. The SMILES string of the molecule is Cc1ccc(-c2nc(C)c(C(=O)N3CCCC(C)C3CO)s2)o1. The van der Waals surface area contributed by atoms with Crippen LogP contribution in [-0.4, -0.2) is 40.1 Å². The number of hydrogen-bond donors (Lipinski definition) is 1. The number of aliphatic hydroxyl groups excluding tert-OH is 1. The number of likely N-dealkylation sites (tertiary alicyclic amines) is 1. The van der Waals surface area contributed by atoms with Crippen molar-refractivity contribution in [1.82, 2.24) is 9.88 Å². The third-order valence-corrected chi connectivity index (χ3v) is 5.67. The summed E-state index contributed by atoms with van der Waals surface area (Å²) in [6, 6.07) is 3.66. The fraction of sp³-hybridized carbons (Fsp3) is 0.529. The van der Waals surface area contributed by atoms with E-state index in [9.17, 15) is 9.90 Å². The molecule has 3 heterocycles. The summed E-state index contributed by atoms with van der Waals surface area (Å²) in [5.74, 6) is 1.81. The Hall–Kier alpha value is -1.66. The highest BCUT2D eigenvalue weighted by Crippen LogP contribution is 2.32. The Labute approximate surface area is 140 Å². The molecule has 0 saturated carbocycles. The van der Waals surface area contributed by atoms with Crippen molar-refractivity contribution in [2.24, 2.45) is 5.92 Å². The lowest BCUT2D eigenvalue weighted by Crippen LogP contribution is -2.49. The summed E-state index contributed by atoms with van der Waals surface area (Å²) in [7, 11) is 0. The van der Waals surface area contributed by atoms with Crippen LogP contribution < -0.4 is 0 Å². The molecule has 124 valence electrons. The summed E-state index contributed by atoms with van der Waals surface area (Å²) in [5.41, 5.74) is 0.721. The Balaban J connectivity index is 1.89. The summed E-state index contributed by atoms with van der Waals surface area (Å²) in [4.78, 5) is 19.9. The predicted octanol–water partition coefficient (Wildman–Crippen LogP) is 3.25. The second-order valence-electron chi connectivity index (χ2n) is 6.21. The van der Waals surface area contributed by atoms with E-state index in [0.717, 1.165) is 29.3 Å². The smallest absolute Gasteiger partial charge is 0.266 e. The van der Waals surface area contributed by atoms with Crippen LogP contribution in [0.2, 0.25) is 0 Å². The van der Waals surface area contributed by atoms with E-state index in [4.69, 9.17) is 4.42 Å². The van der Waals surface area contributed by atoms with Gasteiger partial charge in [-0.05, 0) is 44.7 Å². The molecule has 0 spiro atoms. The number of carbonyl (C=O) groups is 1. The number of hydrogen-bond acceptors (Lipinski definition) is 5. The molecular formula is C17H22N2O3S. The first-order valence-electron chi connectivity index (χ1n) is 7.97. The van der Waals surface area contributed by atoms with Crippen molar-refractivity contribution >= 4 is 17.2 Å². The number of thiazole rings is 1. The molecule has 0 aromatic carbocycles. The number of amides is 1. The van der Waals surface area contributed by atoms with E-state index in [-0.39, 0.29) is 18.6 Å². The summed E-state index contributed by atoms with van der Waals surface area (Å²) in [6.45, 7) is 6.54. The van der Waals surface area contributed by atoms with Gasteiger partial charge in [0.15, 0.2) is 10.8 Å². The van der Waals surface area contributed by atoms with Gasteiger partial charge in [0.05, 0.1) is 18.3 Å². The van der Waals surface area contributed by atoms with E-state index in [1.807, 2.05) is 30.9 Å². The van der Waals surface area contributed by atoms with Gasteiger partial charge in [-0.1, -0.05) is 6.92 Å². The Morgan fingerprint density at radius 2 is 2.26 bits per heavy atom. The zero-order chi connectivity index (χ0) is 16.6. The van der Waals surface area contributed by atoms with Crippen LogP contribution in [0.15, 0.2) is 16.5 Å². The number of carbonyl (C=O) groups excluding carboxylic acids is 1. The molecule has 2 aromatic rings. The highest BCUT2D eigenvalue weighted by molar-refractivity contribution is 7.17. The zero-order valence-electron chi connectivity index (χ0n) is 13.7. The van der Waals surface area contributed by atoms with E-state index in [1.54, 1.807) is 0 Å². The van der Waals surface area contributed by atoms with E-state index in [0.29, 0.717) is 23.1 Å². The van der Waals surface area contributed by atoms with Crippen molar-refractivity contribution in [1.29, 1.82) is 0 Å². The summed E-state index contributed by atoms with van der Waals surface area (Å²) >= 11 is 1.36. The summed E-state index contributed by atoms with van der Waals surface area (Å²) < 4.78 is 5.61. The third-order valence-electron chi connectivity index (χ3n) is 4.51. The van der Waals surface area contributed by atoms with Crippen LogP contribution >= 0.6 is 11.3 Å². The van der Waals surface area contributed by atoms with E-state index < -0.39 is 0 Å². The molecular weight excluding hydrogens is 312 g/mol. The number of rotatable bonds is 3. The maximum absolute atomic E-state index is 12.9. The van der Waals surface area contributed by atoms with Crippen LogP contribution in [0.5, 0.6) is 0 Å². The highest BCUT2D eigenvalue weighted by atomic mass is 32.1. The molecule has 6 heteroatoms. The summed E-state index contributed by atoms with van der Waals surface area (Å²) in [6.07, 6.45) is 2.03. The van der Waals surface area contributed by atoms with Gasteiger partial charge in [0.2, 0.25) is 0 Å². The van der Waals surface area contributed by atoms with Gasteiger partial charge in [-0.2, -0.15) is 0 Å². The van der Waals surface area contributed by atoms with Crippen LogP contribution in [0.1, 0.15) is 40.9 Å². The van der Waals surface area contributed by atoms with Crippen LogP contribution in [-0.2, 0) is 0 Å². The van der Waals surface area contributed by atoms with Gasteiger partial charge in [0.25, 0.3) is 5.91 Å². The molecule has 3 rings (SSSR count).